The Balaban J connectivity index is 1.41. The Bertz CT molecular complexity index is 1140. The molecular formula is C26H30F3N5O3. The number of halogens is 3. The monoisotopic (exact) mass is 517 g/mol. The maximum Gasteiger partial charge on any atom is 0.416 e. The molecule has 2 atom stereocenters. The topological polar surface area (TPSA) is 78.9 Å². The van der Waals surface area contributed by atoms with Crippen molar-refractivity contribution in [2.45, 2.75) is 38.4 Å². The Kier molecular flexibility index (Phi) is 6.96. The van der Waals surface area contributed by atoms with Crippen LogP contribution in [0.2, 0.25) is 0 Å². The van der Waals surface area contributed by atoms with Crippen LogP contribution in [-0.2, 0) is 26.9 Å². The molecule has 0 saturated carbocycles. The van der Waals surface area contributed by atoms with Crippen molar-refractivity contribution in [2.75, 3.05) is 49.1 Å². The summed E-state index contributed by atoms with van der Waals surface area (Å²) in [5, 5.41) is 0. The van der Waals surface area contributed by atoms with Gasteiger partial charge in [-0.2, -0.15) is 13.2 Å². The molecule has 8 nitrogen and oxygen atoms in total. The number of aromatic nitrogens is 2. The summed E-state index contributed by atoms with van der Waals surface area (Å²) in [5.74, 6) is -0.361. The van der Waals surface area contributed by atoms with Crippen LogP contribution in [-0.4, -0.2) is 72.1 Å². The first kappa shape index (κ1) is 25.3. The maximum atomic E-state index is 13.9. The fraction of sp³-hybridized carbons (Fsp3) is 0.538. The fourth-order valence-electron chi connectivity index (χ4n) is 5.78. The van der Waals surface area contributed by atoms with Gasteiger partial charge in [0.15, 0.2) is 0 Å². The number of hydrogen-bond acceptors (Lipinski definition) is 7. The van der Waals surface area contributed by atoms with Crippen LogP contribution in [0.3, 0.4) is 0 Å². The smallest absolute Gasteiger partial charge is 0.416 e. The fourth-order valence-corrected chi connectivity index (χ4v) is 5.78. The third-order valence-corrected chi connectivity index (χ3v) is 7.66. The lowest BCUT2D eigenvalue weighted by molar-refractivity contribution is -0.152. The zero-order chi connectivity index (χ0) is 26.2. The van der Waals surface area contributed by atoms with Gasteiger partial charge in [0.2, 0.25) is 5.91 Å². The predicted molar refractivity (Wildman–Crippen MR) is 130 cm³/mol. The molecule has 1 amide bonds. The number of piperidine rings is 1. The van der Waals surface area contributed by atoms with Crippen molar-refractivity contribution in [2.24, 2.45) is 11.8 Å². The van der Waals surface area contributed by atoms with E-state index in [-0.39, 0.29) is 30.3 Å². The Labute approximate surface area is 213 Å². The van der Waals surface area contributed by atoms with E-state index in [1.54, 1.807) is 30.4 Å². The van der Waals surface area contributed by atoms with Crippen molar-refractivity contribution in [3.8, 4) is 0 Å². The Morgan fingerprint density at radius 3 is 2.57 bits per heavy atom. The number of anilines is 2. The highest BCUT2D eigenvalue weighted by Crippen LogP contribution is 2.41. The minimum atomic E-state index is -4.45. The highest BCUT2D eigenvalue weighted by Gasteiger charge is 2.45. The molecule has 0 bridgehead atoms. The van der Waals surface area contributed by atoms with Gasteiger partial charge in [-0.1, -0.05) is 0 Å². The summed E-state index contributed by atoms with van der Waals surface area (Å²) >= 11 is 0. The molecule has 2 saturated heterocycles. The average Bonchev–Trinajstić information content (AvgIpc) is 2.91. The van der Waals surface area contributed by atoms with Gasteiger partial charge >= 0.3 is 12.1 Å². The maximum absolute atomic E-state index is 13.9. The summed E-state index contributed by atoms with van der Waals surface area (Å²) in [6, 6.07) is 3.62. The zero-order valence-electron chi connectivity index (χ0n) is 20.7. The number of piperazine rings is 1. The Morgan fingerprint density at radius 2 is 1.89 bits per heavy atom. The van der Waals surface area contributed by atoms with Gasteiger partial charge in [0.25, 0.3) is 0 Å². The van der Waals surface area contributed by atoms with Crippen molar-refractivity contribution in [3.63, 3.8) is 0 Å². The zero-order valence-corrected chi connectivity index (χ0v) is 20.7. The Morgan fingerprint density at radius 1 is 1.11 bits per heavy atom. The first-order chi connectivity index (χ1) is 17.8. The second kappa shape index (κ2) is 10.2. The van der Waals surface area contributed by atoms with Crippen LogP contribution >= 0.6 is 0 Å². The molecule has 2 fully saturated rings. The normalized spacial score (nSPS) is 22.3. The molecule has 5 rings (SSSR count). The number of benzene rings is 1. The number of amides is 1. The largest absolute Gasteiger partial charge is 0.466 e. The number of hydrogen-bond donors (Lipinski definition) is 0. The van der Waals surface area contributed by atoms with Gasteiger partial charge in [0.1, 0.15) is 5.82 Å². The van der Waals surface area contributed by atoms with Gasteiger partial charge < -0.3 is 19.4 Å². The van der Waals surface area contributed by atoms with E-state index in [0.29, 0.717) is 63.6 Å². The van der Waals surface area contributed by atoms with E-state index in [1.165, 1.54) is 12.1 Å². The molecule has 1 aromatic carbocycles. The van der Waals surface area contributed by atoms with Crippen LogP contribution < -0.4 is 9.80 Å². The molecule has 11 heteroatoms. The minimum absolute atomic E-state index is 0.0821. The van der Waals surface area contributed by atoms with E-state index in [2.05, 4.69) is 19.8 Å². The minimum Gasteiger partial charge on any atom is -0.466 e. The number of alkyl halides is 3. The molecule has 1 aromatic heterocycles. The van der Waals surface area contributed by atoms with Crippen LogP contribution in [0.15, 0.2) is 36.8 Å². The SMILES string of the molecule is CCOC(=O)C1CCN(C(=O)[C@@H]2Cc3cc(C(F)(F)F)ccc3N3CCN(c4cnccn4)C[C@H]23)CC1. The number of likely N-dealkylation sites (tertiary alicyclic amines) is 1. The van der Waals surface area contributed by atoms with E-state index < -0.39 is 17.7 Å². The average molecular weight is 518 g/mol. The summed E-state index contributed by atoms with van der Waals surface area (Å²) in [6.07, 6.45) is 1.71. The number of fused-ring (bicyclic) bond motifs is 3. The molecule has 0 unspecified atom stereocenters. The summed E-state index contributed by atoms with van der Waals surface area (Å²) in [5.41, 5.74) is 0.588. The second-order valence-corrected chi connectivity index (χ2v) is 9.77. The number of carbonyl (C=O) groups excluding carboxylic acids is 2. The third kappa shape index (κ3) is 5.08. The van der Waals surface area contributed by atoms with Crippen LogP contribution in [0.4, 0.5) is 24.7 Å². The van der Waals surface area contributed by atoms with Gasteiger partial charge in [-0.3, -0.25) is 14.6 Å². The molecule has 0 spiro atoms. The lowest BCUT2D eigenvalue weighted by Crippen LogP contribution is -2.62. The van der Waals surface area contributed by atoms with Gasteiger partial charge in [-0.05, 0) is 49.9 Å². The van der Waals surface area contributed by atoms with Crippen LogP contribution in [0, 0.1) is 11.8 Å². The van der Waals surface area contributed by atoms with Crippen molar-refractivity contribution < 1.29 is 27.5 Å². The van der Waals surface area contributed by atoms with Crippen LogP contribution in [0.1, 0.15) is 30.9 Å². The quantitative estimate of drug-likeness (QED) is 0.577. The molecule has 37 heavy (non-hydrogen) atoms. The molecule has 3 aliphatic heterocycles. The highest BCUT2D eigenvalue weighted by molar-refractivity contribution is 5.83. The predicted octanol–water partition coefficient (Wildman–Crippen LogP) is 3.16. The molecule has 2 aromatic rings. The van der Waals surface area contributed by atoms with Crippen LogP contribution in [0.5, 0.6) is 0 Å². The van der Waals surface area contributed by atoms with E-state index >= 15 is 0 Å². The molecular weight excluding hydrogens is 487 g/mol. The van der Waals surface area contributed by atoms with Crippen molar-refractivity contribution in [1.82, 2.24) is 14.9 Å². The van der Waals surface area contributed by atoms with Gasteiger partial charge in [-0.25, -0.2) is 4.98 Å². The number of carbonyl (C=O) groups is 2. The summed E-state index contributed by atoms with van der Waals surface area (Å²) in [7, 11) is 0. The third-order valence-electron chi connectivity index (χ3n) is 7.66. The first-order valence-electron chi connectivity index (χ1n) is 12.7. The number of ether oxygens (including phenoxy) is 1. The molecule has 4 heterocycles. The standard InChI is InChI=1S/C26H30F3N5O3/c1-2-37-25(36)17-5-9-32(10-6-17)24(35)20-14-18-13-19(26(27,28)29)3-4-21(18)34-12-11-33(16-22(20)34)23-15-30-7-8-31-23/h3-4,7-8,13,15,17,20,22H,2,5-6,9-12,14,16H2,1H3/t20-,22-/m1/s1. The second-order valence-electron chi connectivity index (χ2n) is 9.77. The van der Waals surface area contributed by atoms with Gasteiger partial charge in [0.05, 0.1) is 36.2 Å². The van der Waals surface area contributed by atoms with E-state index in [9.17, 15) is 22.8 Å². The molecule has 0 aliphatic carbocycles. The van der Waals surface area contributed by atoms with Crippen molar-refractivity contribution in [1.29, 1.82) is 0 Å². The number of nitrogens with zero attached hydrogens (tertiary/aromatic N) is 5. The summed E-state index contributed by atoms with van der Waals surface area (Å²) in [4.78, 5) is 40.5. The van der Waals surface area contributed by atoms with E-state index in [0.717, 1.165) is 11.8 Å². The van der Waals surface area contributed by atoms with E-state index in [4.69, 9.17) is 4.74 Å². The molecule has 198 valence electrons. The Hall–Kier alpha value is -3.37. The molecule has 3 aliphatic rings. The highest BCUT2D eigenvalue weighted by atomic mass is 19.4. The lowest BCUT2D eigenvalue weighted by Gasteiger charge is -2.50. The number of esters is 1. The number of rotatable bonds is 4. The van der Waals surface area contributed by atoms with Gasteiger partial charge in [0, 0.05) is 50.8 Å². The van der Waals surface area contributed by atoms with Crippen molar-refractivity contribution >= 4 is 23.4 Å². The van der Waals surface area contributed by atoms with E-state index in [1.807, 2.05) is 0 Å². The first-order valence-corrected chi connectivity index (χ1v) is 12.7. The van der Waals surface area contributed by atoms with Crippen molar-refractivity contribution in [3.05, 3.63) is 47.9 Å². The van der Waals surface area contributed by atoms with Crippen LogP contribution in [0.25, 0.3) is 0 Å². The molecule has 0 N–H and O–H groups in total. The summed E-state index contributed by atoms with van der Waals surface area (Å²) in [6.45, 7) is 4.61. The van der Waals surface area contributed by atoms with Gasteiger partial charge in [-0.15, -0.1) is 0 Å². The lowest BCUT2D eigenvalue weighted by atomic mass is 9.82. The summed E-state index contributed by atoms with van der Waals surface area (Å²) < 4.78 is 45.6. The molecule has 0 radical (unpaired) electrons.